The number of carbonyl (C=O) groups excluding carboxylic acids is 1. The summed E-state index contributed by atoms with van der Waals surface area (Å²) in [6.45, 7) is 4.81. The summed E-state index contributed by atoms with van der Waals surface area (Å²) in [6.07, 6.45) is 0. The molecule has 0 saturated carbocycles. The van der Waals surface area contributed by atoms with Crippen LogP contribution in [0.25, 0.3) is 21.7 Å². The molecule has 4 aromatic rings. The zero-order chi connectivity index (χ0) is 17.8. The summed E-state index contributed by atoms with van der Waals surface area (Å²) in [6, 6.07) is 20.2. The highest BCUT2D eigenvalue weighted by Crippen LogP contribution is 2.39. The normalized spacial score (nSPS) is 16.0. The van der Waals surface area contributed by atoms with Gasteiger partial charge in [0.05, 0.1) is 17.1 Å². The van der Waals surface area contributed by atoms with Crippen molar-refractivity contribution in [2.45, 2.75) is 19.9 Å². The van der Waals surface area contributed by atoms with Crippen molar-refractivity contribution in [1.29, 1.82) is 0 Å². The Morgan fingerprint density at radius 1 is 1.00 bits per heavy atom. The Bertz CT molecular complexity index is 1180. The monoisotopic (exact) mass is 341 g/mol. The van der Waals surface area contributed by atoms with Crippen molar-refractivity contribution in [1.82, 2.24) is 4.57 Å². The van der Waals surface area contributed by atoms with Crippen LogP contribution in [-0.2, 0) is 0 Å². The first kappa shape index (κ1) is 15.2. The van der Waals surface area contributed by atoms with Crippen LogP contribution in [0.15, 0.2) is 60.7 Å². The summed E-state index contributed by atoms with van der Waals surface area (Å²) in [5.74, 6) is 0.940. The molecule has 0 spiro atoms. The molecule has 0 N–H and O–H groups in total. The molecule has 0 unspecified atom stereocenters. The van der Waals surface area contributed by atoms with Gasteiger partial charge in [-0.3, -0.25) is 4.79 Å². The van der Waals surface area contributed by atoms with E-state index in [1.807, 2.05) is 67.6 Å². The first-order chi connectivity index (χ1) is 12.7. The average molecular weight is 341 g/mol. The molecular weight excluding hydrogens is 322 g/mol. The van der Waals surface area contributed by atoms with Crippen LogP contribution in [0.5, 0.6) is 5.75 Å². The number of rotatable bonds is 2. The van der Waals surface area contributed by atoms with Gasteiger partial charge in [0.2, 0.25) is 0 Å². The van der Waals surface area contributed by atoms with Crippen LogP contribution in [0.1, 0.15) is 34.6 Å². The second-order valence-electron chi connectivity index (χ2n) is 7.00. The van der Waals surface area contributed by atoms with Crippen LogP contribution in [0, 0.1) is 6.92 Å². The Hall–Kier alpha value is -3.07. The minimum Gasteiger partial charge on any atom is -0.489 e. The summed E-state index contributed by atoms with van der Waals surface area (Å²) in [4.78, 5) is 13.6. The van der Waals surface area contributed by atoms with E-state index in [1.165, 1.54) is 0 Å². The number of ether oxygens (including phenoxy) is 1. The van der Waals surface area contributed by atoms with Crippen LogP contribution >= 0.6 is 0 Å². The minimum atomic E-state index is 0.0781. The molecule has 0 radical (unpaired) electrons. The molecule has 3 heteroatoms. The third kappa shape index (κ3) is 1.97. The van der Waals surface area contributed by atoms with E-state index >= 15 is 0 Å². The van der Waals surface area contributed by atoms with Gasteiger partial charge in [0.25, 0.3) is 0 Å². The largest absolute Gasteiger partial charge is 0.489 e. The molecule has 1 atom stereocenters. The molecule has 1 aliphatic heterocycles. The Balaban J connectivity index is 1.82. The fourth-order valence-corrected chi connectivity index (χ4v) is 4.25. The second kappa shape index (κ2) is 5.46. The van der Waals surface area contributed by atoms with Gasteiger partial charge in [-0.05, 0) is 30.7 Å². The molecule has 5 rings (SSSR count). The Morgan fingerprint density at radius 3 is 2.62 bits per heavy atom. The van der Waals surface area contributed by atoms with Gasteiger partial charge in [0, 0.05) is 16.6 Å². The number of benzene rings is 3. The third-order valence-corrected chi connectivity index (χ3v) is 5.41. The lowest BCUT2D eigenvalue weighted by molar-refractivity contribution is 0.104. The maximum Gasteiger partial charge on any atom is 0.196 e. The smallest absolute Gasteiger partial charge is 0.196 e. The van der Waals surface area contributed by atoms with E-state index in [9.17, 15) is 4.79 Å². The number of hydrogen-bond donors (Lipinski definition) is 0. The van der Waals surface area contributed by atoms with Crippen molar-refractivity contribution in [2.24, 2.45) is 0 Å². The van der Waals surface area contributed by atoms with Gasteiger partial charge in [-0.25, -0.2) is 0 Å². The topological polar surface area (TPSA) is 31.2 Å². The highest BCUT2D eigenvalue weighted by Gasteiger charge is 2.28. The molecule has 128 valence electrons. The average Bonchev–Trinajstić information content (AvgIpc) is 2.97. The molecule has 0 fully saturated rings. The number of nitrogens with zero attached hydrogens (tertiary/aromatic N) is 1. The van der Waals surface area contributed by atoms with E-state index in [4.69, 9.17) is 4.74 Å². The van der Waals surface area contributed by atoms with Gasteiger partial charge in [-0.2, -0.15) is 0 Å². The molecule has 3 aromatic carbocycles. The van der Waals surface area contributed by atoms with Gasteiger partial charge in [-0.1, -0.05) is 54.6 Å². The van der Waals surface area contributed by atoms with E-state index in [1.54, 1.807) is 0 Å². The van der Waals surface area contributed by atoms with Gasteiger partial charge < -0.3 is 9.30 Å². The molecule has 3 nitrogen and oxygen atoms in total. The van der Waals surface area contributed by atoms with E-state index < -0.39 is 0 Å². The zero-order valence-corrected chi connectivity index (χ0v) is 14.8. The van der Waals surface area contributed by atoms with E-state index in [2.05, 4.69) is 11.5 Å². The third-order valence-electron chi connectivity index (χ3n) is 5.41. The van der Waals surface area contributed by atoms with Crippen LogP contribution in [0.2, 0.25) is 0 Å². The van der Waals surface area contributed by atoms with Crippen LogP contribution < -0.4 is 4.74 Å². The fourth-order valence-electron chi connectivity index (χ4n) is 4.25. The molecule has 0 bridgehead atoms. The lowest BCUT2D eigenvalue weighted by Crippen LogP contribution is -2.20. The lowest BCUT2D eigenvalue weighted by Gasteiger charge is -2.24. The first-order valence-corrected chi connectivity index (χ1v) is 8.95. The van der Waals surface area contributed by atoms with Crippen LogP contribution in [-0.4, -0.2) is 17.0 Å². The summed E-state index contributed by atoms with van der Waals surface area (Å²) >= 11 is 0. The van der Waals surface area contributed by atoms with E-state index in [0.29, 0.717) is 6.61 Å². The second-order valence-corrected chi connectivity index (χ2v) is 7.00. The quantitative estimate of drug-likeness (QED) is 0.464. The van der Waals surface area contributed by atoms with E-state index in [0.717, 1.165) is 44.2 Å². The molecule has 0 aliphatic carbocycles. The first-order valence-electron chi connectivity index (χ1n) is 8.95. The van der Waals surface area contributed by atoms with Gasteiger partial charge >= 0.3 is 0 Å². The van der Waals surface area contributed by atoms with Gasteiger partial charge in [0.1, 0.15) is 12.4 Å². The van der Waals surface area contributed by atoms with Crippen LogP contribution in [0.3, 0.4) is 0 Å². The zero-order valence-electron chi connectivity index (χ0n) is 14.8. The highest BCUT2D eigenvalue weighted by molar-refractivity contribution is 6.22. The van der Waals surface area contributed by atoms with E-state index in [-0.39, 0.29) is 11.8 Å². The number of ketones is 1. The minimum absolute atomic E-state index is 0.0781. The van der Waals surface area contributed by atoms with Gasteiger partial charge in [-0.15, -0.1) is 0 Å². The van der Waals surface area contributed by atoms with Crippen molar-refractivity contribution in [3.63, 3.8) is 0 Å². The van der Waals surface area contributed by atoms with Crippen molar-refractivity contribution in [3.05, 3.63) is 77.5 Å². The Morgan fingerprint density at radius 2 is 1.73 bits per heavy atom. The molecular formula is C23H19NO2. The van der Waals surface area contributed by atoms with Crippen molar-refractivity contribution in [3.8, 4) is 5.75 Å². The molecule has 0 saturated heterocycles. The Kier molecular flexibility index (Phi) is 3.20. The molecule has 1 aromatic heterocycles. The number of fused-ring (bicyclic) bond motifs is 1. The molecule has 1 aliphatic rings. The number of aromatic nitrogens is 1. The predicted octanol–water partition coefficient (Wildman–Crippen LogP) is 5.29. The molecule has 0 amide bonds. The molecule has 2 heterocycles. The van der Waals surface area contributed by atoms with Gasteiger partial charge in [0.15, 0.2) is 5.78 Å². The van der Waals surface area contributed by atoms with Crippen molar-refractivity contribution in [2.75, 3.05) is 6.61 Å². The van der Waals surface area contributed by atoms with Crippen LogP contribution in [0.4, 0.5) is 0 Å². The molecule has 26 heavy (non-hydrogen) atoms. The lowest BCUT2D eigenvalue weighted by atomic mass is 9.95. The number of hydrogen-bond acceptors (Lipinski definition) is 2. The SMILES string of the molecule is Cc1c(C(=O)c2cccc3ccccc23)c2cccc3c2n1[C@H](C)CO3. The Labute approximate surface area is 151 Å². The fraction of sp³-hybridized carbons (Fsp3) is 0.174. The summed E-state index contributed by atoms with van der Waals surface area (Å²) in [5, 5.41) is 3.06. The van der Waals surface area contributed by atoms with Crippen molar-refractivity contribution >= 4 is 27.5 Å². The highest BCUT2D eigenvalue weighted by atomic mass is 16.5. The summed E-state index contributed by atoms with van der Waals surface area (Å²) < 4.78 is 8.16. The number of carbonyl (C=O) groups is 1. The summed E-state index contributed by atoms with van der Waals surface area (Å²) in [7, 11) is 0. The summed E-state index contributed by atoms with van der Waals surface area (Å²) in [5.41, 5.74) is 3.59. The predicted molar refractivity (Wildman–Crippen MR) is 104 cm³/mol. The maximum atomic E-state index is 13.6. The maximum absolute atomic E-state index is 13.6. The standard InChI is InChI=1S/C23H19NO2/c1-14-13-26-20-12-6-11-19-21(15(2)24(14)22(19)20)23(25)18-10-5-8-16-7-3-4-9-17(16)18/h3-12,14H,13H2,1-2H3/t14-/m1/s1. The van der Waals surface area contributed by atoms with Crippen molar-refractivity contribution < 1.29 is 9.53 Å². The number of para-hydroxylation sites is 1.